The van der Waals surface area contributed by atoms with Crippen molar-refractivity contribution in [3.63, 3.8) is 0 Å². The van der Waals surface area contributed by atoms with Crippen LogP contribution in [0.5, 0.6) is 11.5 Å². The summed E-state index contributed by atoms with van der Waals surface area (Å²) in [7, 11) is 1.65. The fraction of sp³-hybridized carbons (Fsp3) is 0.267. The summed E-state index contributed by atoms with van der Waals surface area (Å²) < 4.78 is 5.15. The van der Waals surface area contributed by atoms with Gasteiger partial charge in [0.25, 0.3) is 0 Å². The van der Waals surface area contributed by atoms with E-state index < -0.39 is 0 Å². The van der Waals surface area contributed by atoms with Gasteiger partial charge in [0.15, 0.2) is 0 Å². The predicted octanol–water partition coefficient (Wildman–Crippen LogP) is 3.12. The molecule has 1 heterocycles. The Kier molecular flexibility index (Phi) is 3.24. The summed E-state index contributed by atoms with van der Waals surface area (Å²) in [4.78, 5) is 4.29. The van der Waals surface area contributed by atoms with Crippen LogP contribution in [0.25, 0.3) is 0 Å². The second-order valence-corrected chi connectivity index (χ2v) is 4.76. The van der Waals surface area contributed by atoms with Crippen molar-refractivity contribution in [3.05, 3.63) is 53.9 Å². The maximum absolute atomic E-state index is 9.28. The molecular formula is C15H17NO2. The first-order valence-corrected chi connectivity index (χ1v) is 5.84. The van der Waals surface area contributed by atoms with E-state index in [-0.39, 0.29) is 11.2 Å². The SMILES string of the molecule is COc1ccc(C(C)(C)c2ccc(O)cn2)cc1. The molecule has 0 radical (unpaired) electrons. The lowest BCUT2D eigenvalue weighted by atomic mass is 9.81. The zero-order valence-corrected chi connectivity index (χ0v) is 10.8. The Morgan fingerprint density at radius 2 is 1.72 bits per heavy atom. The van der Waals surface area contributed by atoms with Crippen LogP contribution in [0.2, 0.25) is 0 Å². The minimum absolute atomic E-state index is 0.185. The van der Waals surface area contributed by atoms with Crippen molar-refractivity contribution in [2.75, 3.05) is 7.11 Å². The zero-order valence-electron chi connectivity index (χ0n) is 10.8. The molecule has 1 aromatic heterocycles. The number of nitrogens with zero attached hydrogens (tertiary/aromatic N) is 1. The first-order chi connectivity index (χ1) is 8.54. The first-order valence-electron chi connectivity index (χ1n) is 5.84. The van der Waals surface area contributed by atoms with Crippen LogP contribution in [0.4, 0.5) is 0 Å². The lowest BCUT2D eigenvalue weighted by Crippen LogP contribution is -2.20. The van der Waals surface area contributed by atoms with Gasteiger partial charge in [-0.15, -0.1) is 0 Å². The molecule has 3 nitrogen and oxygen atoms in total. The van der Waals surface area contributed by atoms with Gasteiger partial charge in [0.2, 0.25) is 0 Å². The smallest absolute Gasteiger partial charge is 0.133 e. The number of rotatable bonds is 3. The highest BCUT2D eigenvalue weighted by molar-refractivity contribution is 5.38. The molecule has 0 unspecified atom stereocenters. The van der Waals surface area contributed by atoms with Crippen LogP contribution < -0.4 is 4.74 Å². The van der Waals surface area contributed by atoms with Gasteiger partial charge in [-0.2, -0.15) is 0 Å². The molecular weight excluding hydrogens is 226 g/mol. The molecule has 94 valence electrons. The van der Waals surface area contributed by atoms with Crippen molar-refractivity contribution >= 4 is 0 Å². The van der Waals surface area contributed by atoms with Gasteiger partial charge in [0, 0.05) is 5.41 Å². The number of methoxy groups -OCH3 is 1. The van der Waals surface area contributed by atoms with E-state index in [1.54, 1.807) is 13.2 Å². The highest BCUT2D eigenvalue weighted by Crippen LogP contribution is 2.31. The van der Waals surface area contributed by atoms with E-state index in [0.29, 0.717) is 0 Å². The summed E-state index contributed by atoms with van der Waals surface area (Å²) >= 11 is 0. The summed E-state index contributed by atoms with van der Waals surface area (Å²) in [5.74, 6) is 1.03. The molecule has 0 saturated carbocycles. The Morgan fingerprint density at radius 3 is 2.22 bits per heavy atom. The van der Waals surface area contributed by atoms with Crippen molar-refractivity contribution in [2.45, 2.75) is 19.3 Å². The number of benzene rings is 1. The second-order valence-electron chi connectivity index (χ2n) is 4.76. The van der Waals surface area contributed by atoms with Crippen LogP contribution in [0.15, 0.2) is 42.6 Å². The molecule has 0 spiro atoms. The Balaban J connectivity index is 2.37. The van der Waals surface area contributed by atoms with Gasteiger partial charge < -0.3 is 9.84 Å². The number of pyridine rings is 1. The van der Waals surface area contributed by atoms with E-state index in [0.717, 1.165) is 17.0 Å². The number of hydrogen-bond donors (Lipinski definition) is 1. The molecule has 0 saturated heterocycles. The van der Waals surface area contributed by atoms with E-state index in [1.807, 2.05) is 30.3 Å². The quantitative estimate of drug-likeness (QED) is 0.900. The standard InChI is InChI=1S/C15H17NO2/c1-15(2,14-9-6-12(17)10-16-14)11-4-7-13(18-3)8-5-11/h4-10,17H,1-3H3. The van der Waals surface area contributed by atoms with Crippen LogP contribution in [-0.2, 0) is 5.41 Å². The molecule has 18 heavy (non-hydrogen) atoms. The minimum atomic E-state index is -0.208. The van der Waals surface area contributed by atoms with Gasteiger partial charge in [-0.05, 0) is 29.8 Å². The van der Waals surface area contributed by atoms with Gasteiger partial charge in [0.05, 0.1) is 19.0 Å². The molecule has 2 rings (SSSR count). The summed E-state index contributed by atoms with van der Waals surface area (Å²) in [6.45, 7) is 4.21. The monoisotopic (exact) mass is 243 g/mol. The zero-order chi connectivity index (χ0) is 13.2. The van der Waals surface area contributed by atoms with Crippen LogP contribution >= 0.6 is 0 Å². The lowest BCUT2D eigenvalue weighted by molar-refractivity contribution is 0.414. The Bertz CT molecular complexity index is 515. The van der Waals surface area contributed by atoms with E-state index in [9.17, 15) is 5.11 Å². The molecule has 0 amide bonds. The van der Waals surface area contributed by atoms with Gasteiger partial charge in [-0.1, -0.05) is 26.0 Å². The fourth-order valence-corrected chi connectivity index (χ4v) is 1.91. The third-order valence-electron chi connectivity index (χ3n) is 3.20. The third kappa shape index (κ3) is 2.30. The van der Waals surface area contributed by atoms with E-state index in [4.69, 9.17) is 4.74 Å². The topological polar surface area (TPSA) is 42.4 Å². The average molecular weight is 243 g/mol. The molecule has 0 aliphatic rings. The molecule has 0 bridgehead atoms. The number of aromatic hydroxyl groups is 1. The van der Waals surface area contributed by atoms with Crippen molar-refractivity contribution in [3.8, 4) is 11.5 Å². The van der Waals surface area contributed by atoms with E-state index in [1.165, 1.54) is 6.20 Å². The lowest BCUT2D eigenvalue weighted by Gasteiger charge is -2.24. The summed E-state index contributed by atoms with van der Waals surface area (Å²) in [6.07, 6.45) is 1.47. The highest BCUT2D eigenvalue weighted by Gasteiger charge is 2.24. The number of ether oxygens (including phenoxy) is 1. The van der Waals surface area contributed by atoms with Gasteiger partial charge >= 0.3 is 0 Å². The van der Waals surface area contributed by atoms with Gasteiger partial charge in [-0.25, -0.2) is 0 Å². The molecule has 0 aliphatic heterocycles. The van der Waals surface area contributed by atoms with E-state index >= 15 is 0 Å². The predicted molar refractivity (Wildman–Crippen MR) is 71.0 cm³/mol. The molecule has 1 aromatic carbocycles. The van der Waals surface area contributed by atoms with Crippen molar-refractivity contribution in [1.29, 1.82) is 0 Å². The number of hydrogen-bond acceptors (Lipinski definition) is 3. The van der Waals surface area contributed by atoms with Crippen LogP contribution in [0.1, 0.15) is 25.1 Å². The molecule has 1 N–H and O–H groups in total. The van der Waals surface area contributed by atoms with Crippen LogP contribution in [-0.4, -0.2) is 17.2 Å². The van der Waals surface area contributed by atoms with E-state index in [2.05, 4.69) is 18.8 Å². The Morgan fingerprint density at radius 1 is 1.06 bits per heavy atom. The normalized spacial score (nSPS) is 11.3. The highest BCUT2D eigenvalue weighted by atomic mass is 16.5. The molecule has 3 heteroatoms. The maximum Gasteiger partial charge on any atom is 0.133 e. The summed E-state index contributed by atoms with van der Waals surface area (Å²) in [6, 6.07) is 11.5. The third-order valence-corrected chi connectivity index (χ3v) is 3.20. The summed E-state index contributed by atoms with van der Waals surface area (Å²) in [5, 5.41) is 9.28. The van der Waals surface area contributed by atoms with Gasteiger partial charge in [-0.3, -0.25) is 4.98 Å². The minimum Gasteiger partial charge on any atom is -0.506 e. The fourth-order valence-electron chi connectivity index (χ4n) is 1.91. The molecule has 0 fully saturated rings. The van der Waals surface area contributed by atoms with Gasteiger partial charge in [0.1, 0.15) is 11.5 Å². The van der Waals surface area contributed by atoms with Crippen molar-refractivity contribution < 1.29 is 9.84 Å². The molecule has 2 aromatic rings. The average Bonchev–Trinajstić information content (AvgIpc) is 2.39. The largest absolute Gasteiger partial charge is 0.506 e. The number of aromatic nitrogens is 1. The Labute approximate surface area is 107 Å². The molecule has 0 aliphatic carbocycles. The van der Waals surface area contributed by atoms with Crippen molar-refractivity contribution in [2.24, 2.45) is 0 Å². The van der Waals surface area contributed by atoms with Crippen molar-refractivity contribution in [1.82, 2.24) is 4.98 Å². The maximum atomic E-state index is 9.28. The van der Waals surface area contributed by atoms with Crippen LogP contribution in [0, 0.1) is 0 Å². The second kappa shape index (κ2) is 4.69. The molecule has 0 atom stereocenters. The first kappa shape index (κ1) is 12.4. The Hall–Kier alpha value is -2.03. The van der Waals surface area contributed by atoms with Crippen LogP contribution in [0.3, 0.4) is 0 Å². The summed E-state index contributed by atoms with van der Waals surface area (Å²) in [5.41, 5.74) is 1.87.